The van der Waals surface area contributed by atoms with Crippen molar-refractivity contribution in [1.82, 2.24) is 4.98 Å². The molecular weight excluding hydrogens is 255 g/mol. The Kier molecular flexibility index (Phi) is 3.65. The van der Waals surface area contributed by atoms with Crippen LogP contribution in [0.2, 0.25) is 0 Å². The Labute approximate surface area is 120 Å². The smallest absolute Gasteiger partial charge is 0.399 e. The molecule has 0 aromatic carbocycles. The van der Waals surface area contributed by atoms with Crippen molar-refractivity contribution < 1.29 is 14.1 Å². The Balaban J connectivity index is 2.24. The molecule has 1 fully saturated rings. The zero-order valence-electron chi connectivity index (χ0n) is 12.7. The third-order valence-corrected chi connectivity index (χ3v) is 3.97. The van der Waals surface area contributed by atoms with Gasteiger partial charge in [0.05, 0.1) is 29.0 Å². The standard InChI is InChI=1S/C14H21BN2O3/c1-9(18)6-12-11(16)7-10(8-17-12)15-19-13(2,3)14(4,5)20-15/h7-8H,6,16H2,1-5H3. The molecule has 0 saturated carbocycles. The monoisotopic (exact) mass is 276 g/mol. The van der Waals surface area contributed by atoms with Crippen molar-refractivity contribution in [2.75, 3.05) is 5.73 Å². The number of pyridine rings is 1. The molecule has 6 heteroatoms. The van der Waals surface area contributed by atoms with Crippen molar-refractivity contribution in [2.24, 2.45) is 0 Å². The number of anilines is 1. The van der Waals surface area contributed by atoms with E-state index in [1.165, 1.54) is 6.92 Å². The van der Waals surface area contributed by atoms with Gasteiger partial charge in [-0.05, 0) is 40.7 Å². The van der Waals surface area contributed by atoms with Gasteiger partial charge in [0, 0.05) is 11.7 Å². The first-order valence-corrected chi connectivity index (χ1v) is 6.72. The average Bonchev–Trinajstić information content (AvgIpc) is 2.50. The summed E-state index contributed by atoms with van der Waals surface area (Å²) in [6.45, 7) is 9.49. The zero-order chi connectivity index (χ0) is 15.1. The topological polar surface area (TPSA) is 74.4 Å². The molecule has 2 heterocycles. The summed E-state index contributed by atoms with van der Waals surface area (Å²) >= 11 is 0. The number of aromatic nitrogens is 1. The lowest BCUT2D eigenvalue weighted by Crippen LogP contribution is -2.41. The van der Waals surface area contributed by atoms with E-state index in [1.54, 1.807) is 12.3 Å². The summed E-state index contributed by atoms with van der Waals surface area (Å²) in [6.07, 6.45) is 1.91. The van der Waals surface area contributed by atoms with Crippen LogP contribution in [0.4, 0.5) is 5.69 Å². The quantitative estimate of drug-likeness (QED) is 0.836. The van der Waals surface area contributed by atoms with Crippen LogP contribution in [0, 0.1) is 0 Å². The predicted molar refractivity (Wildman–Crippen MR) is 78.8 cm³/mol. The fourth-order valence-electron chi connectivity index (χ4n) is 2.02. The van der Waals surface area contributed by atoms with Gasteiger partial charge in [0.25, 0.3) is 0 Å². The number of ketones is 1. The Bertz CT molecular complexity index is 527. The van der Waals surface area contributed by atoms with Gasteiger partial charge in [-0.2, -0.15) is 0 Å². The molecule has 2 rings (SSSR count). The summed E-state index contributed by atoms with van der Waals surface area (Å²) < 4.78 is 11.9. The number of nitrogens with two attached hydrogens (primary N) is 1. The first kappa shape index (κ1) is 15.0. The maximum Gasteiger partial charge on any atom is 0.496 e. The van der Waals surface area contributed by atoms with E-state index in [1.807, 2.05) is 27.7 Å². The number of carbonyl (C=O) groups is 1. The van der Waals surface area contributed by atoms with Crippen molar-refractivity contribution in [2.45, 2.75) is 52.2 Å². The number of nitrogens with zero attached hydrogens (tertiary/aromatic N) is 1. The van der Waals surface area contributed by atoms with Gasteiger partial charge in [-0.15, -0.1) is 0 Å². The highest BCUT2D eigenvalue weighted by molar-refractivity contribution is 6.62. The number of hydrogen-bond donors (Lipinski definition) is 1. The summed E-state index contributed by atoms with van der Waals surface area (Å²) in [4.78, 5) is 15.4. The van der Waals surface area contributed by atoms with E-state index in [0.29, 0.717) is 11.4 Å². The van der Waals surface area contributed by atoms with Gasteiger partial charge in [0.15, 0.2) is 0 Å². The number of carbonyl (C=O) groups excluding carboxylic acids is 1. The molecule has 0 unspecified atom stereocenters. The minimum absolute atomic E-state index is 0.0348. The molecule has 0 spiro atoms. The lowest BCUT2D eigenvalue weighted by Gasteiger charge is -2.32. The van der Waals surface area contributed by atoms with E-state index < -0.39 is 18.3 Å². The van der Waals surface area contributed by atoms with Crippen molar-refractivity contribution in [1.29, 1.82) is 0 Å². The highest BCUT2D eigenvalue weighted by Crippen LogP contribution is 2.36. The predicted octanol–water partition coefficient (Wildman–Crippen LogP) is 1.09. The number of nitrogen functional groups attached to an aromatic ring is 1. The average molecular weight is 276 g/mol. The van der Waals surface area contributed by atoms with Gasteiger partial charge in [-0.3, -0.25) is 9.78 Å². The Morgan fingerprint density at radius 3 is 2.30 bits per heavy atom. The van der Waals surface area contributed by atoms with E-state index in [0.717, 1.165) is 5.46 Å². The maximum atomic E-state index is 11.1. The second-order valence-corrected chi connectivity index (χ2v) is 6.27. The molecule has 0 aliphatic carbocycles. The van der Waals surface area contributed by atoms with Gasteiger partial charge >= 0.3 is 7.12 Å². The van der Waals surface area contributed by atoms with Crippen molar-refractivity contribution >= 4 is 24.1 Å². The summed E-state index contributed by atoms with van der Waals surface area (Å²) in [5.41, 5.74) is 7.01. The minimum Gasteiger partial charge on any atom is -0.399 e. The highest BCUT2D eigenvalue weighted by Gasteiger charge is 2.51. The number of Topliss-reactive ketones (excluding diaryl/α,β-unsaturated/α-hetero) is 1. The largest absolute Gasteiger partial charge is 0.496 e. The third kappa shape index (κ3) is 2.71. The van der Waals surface area contributed by atoms with Crippen LogP contribution in [-0.4, -0.2) is 29.1 Å². The molecule has 1 aromatic heterocycles. The van der Waals surface area contributed by atoms with Crippen LogP contribution in [0.5, 0.6) is 0 Å². The van der Waals surface area contributed by atoms with Crippen LogP contribution in [0.1, 0.15) is 40.3 Å². The molecule has 2 N–H and O–H groups in total. The molecule has 0 bridgehead atoms. The summed E-state index contributed by atoms with van der Waals surface area (Å²) in [5.74, 6) is 0.0348. The number of rotatable bonds is 3. The van der Waals surface area contributed by atoms with Gasteiger partial charge in [-0.1, -0.05) is 0 Å². The fraction of sp³-hybridized carbons (Fsp3) is 0.571. The van der Waals surface area contributed by atoms with Gasteiger partial charge in [0.1, 0.15) is 5.78 Å². The van der Waals surface area contributed by atoms with Gasteiger partial charge < -0.3 is 15.0 Å². The molecule has 5 nitrogen and oxygen atoms in total. The van der Waals surface area contributed by atoms with E-state index in [9.17, 15) is 4.79 Å². The Hall–Kier alpha value is -1.40. The molecular formula is C14H21BN2O3. The van der Waals surface area contributed by atoms with Crippen LogP contribution >= 0.6 is 0 Å². The van der Waals surface area contributed by atoms with E-state index in [2.05, 4.69) is 4.98 Å². The van der Waals surface area contributed by atoms with Crippen molar-refractivity contribution in [3.05, 3.63) is 18.0 Å². The van der Waals surface area contributed by atoms with Gasteiger partial charge in [-0.25, -0.2) is 0 Å². The Morgan fingerprint density at radius 1 is 1.30 bits per heavy atom. The van der Waals surface area contributed by atoms with Crippen LogP contribution in [-0.2, 0) is 20.5 Å². The highest BCUT2D eigenvalue weighted by atomic mass is 16.7. The van der Waals surface area contributed by atoms with E-state index in [4.69, 9.17) is 15.0 Å². The molecule has 1 aliphatic rings. The summed E-state index contributed by atoms with van der Waals surface area (Å²) in [7, 11) is -0.485. The molecule has 0 amide bonds. The molecule has 20 heavy (non-hydrogen) atoms. The van der Waals surface area contributed by atoms with Gasteiger partial charge in [0.2, 0.25) is 0 Å². The van der Waals surface area contributed by atoms with E-state index >= 15 is 0 Å². The fourth-order valence-corrected chi connectivity index (χ4v) is 2.02. The second kappa shape index (κ2) is 4.86. The number of hydrogen-bond acceptors (Lipinski definition) is 5. The maximum absolute atomic E-state index is 11.1. The first-order valence-electron chi connectivity index (χ1n) is 6.72. The first-order chi connectivity index (χ1) is 9.12. The lowest BCUT2D eigenvalue weighted by molar-refractivity contribution is -0.116. The van der Waals surface area contributed by atoms with Crippen molar-refractivity contribution in [3.8, 4) is 0 Å². The molecule has 1 aliphatic heterocycles. The molecule has 1 aromatic rings. The van der Waals surface area contributed by atoms with Crippen LogP contribution in [0.15, 0.2) is 12.3 Å². The zero-order valence-corrected chi connectivity index (χ0v) is 12.7. The van der Waals surface area contributed by atoms with Crippen molar-refractivity contribution in [3.63, 3.8) is 0 Å². The summed E-state index contributed by atoms with van der Waals surface area (Å²) in [5, 5.41) is 0. The molecule has 108 valence electrons. The molecule has 1 saturated heterocycles. The lowest BCUT2D eigenvalue weighted by atomic mass is 9.80. The van der Waals surface area contributed by atoms with Crippen LogP contribution in [0.25, 0.3) is 0 Å². The SMILES string of the molecule is CC(=O)Cc1ncc(B2OC(C)(C)C(C)(C)O2)cc1N. The third-order valence-electron chi connectivity index (χ3n) is 3.97. The summed E-state index contributed by atoms with van der Waals surface area (Å²) in [6, 6.07) is 1.77. The second-order valence-electron chi connectivity index (χ2n) is 6.27. The molecule has 0 atom stereocenters. The van der Waals surface area contributed by atoms with Crippen LogP contribution < -0.4 is 11.2 Å². The van der Waals surface area contributed by atoms with E-state index in [-0.39, 0.29) is 12.2 Å². The minimum atomic E-state index is -0.485. The molecule has 0 radical (unpaired) electrons. The normalized spacial score (nSPS) is 20.1. The Morgan fingerprint density at radius 2 is 1.85 bits per heavy atom. The van der Waals surface area contributed by atoms with Crippen LogP contribution in [0.3, 0.4) is 0 Å².